The lowest BCUT2D eigenvalue weighted by Crippen LogP contribution is -2.28. The Bertz CT molecular complexity index is 1140. The summed E-state index contributed by atoms with van der Waals surface area (Å²) in [7, 11) is 0. The van der Waals surface area contributed by atoms with Crippen LogP contribution in [0.15, 0.2) is 46.3 Å². The van der Waals surface area contributed by atoms with E-state index in [1.165, 1.54) is 11.8 Å². The second-order valence-corrected chi connectivity index (χ2v) is 8.70. The number of para-hydroxylation sites is 1. The highest BCUT2D eigenvalue weighted by atomic mass is 35.5. The summed E-state index contributed by atoms with van der Waals surface area (Å²) >= 11 is 7.89. The van der Waals surface area contributed by atoms with E-state index in [2.05, 4.69) is 0 Å². The molecule has 1 unspecified atom stereocenters. The van der Waals surface area contributed by atoms with Gasteiger partial charge >= 0.3 is 0 Å². The topological polar surface area (TPSA) is 62.6 Å². The third-order valence-corrected chi connectivity index (χ3v) is 6.59. The van der Waals surface area contributed by atoms with Gasteiger partial charge in [-0.15, -0.1) is 0 Å². The minimum atomic E-state index is -0.0289. The Morgan fingerprint density at radius 1 is 1.17 bits per heavy atom. The van der Waals surface area contributed by atoms with Crippen molar-refractivity contribution >= 4 is 34.3 Å². The van der Waals surface area contributed by atoms with Gasteiger partial charge in [-0.05, 0) is 42.7 Å². The standard InChI is InChI=1S/C22H21ClN2O4S/c23-17-10-14(11-19-20(17)29-9-8-28-19)13-30-22-24-18-6-2-1-5-16(18)21(26)25(22)12-15-4-3-7-27-15/h1-2,5-6,10-11,15H,3-4,7-9,12-13H2. The molecule has 3 aromatic rings. The van der Waals surface area contributed by atoms with Gasteiger partial charge in [-0.1, -0.05) is 35.5 Å². The number of ether oxygens (including phenoxy) is 3. The van der Waals surface area contributed by atoms with Crippen LogP contribution in [0.4, 0.5) is 0 Å². The van der Waals surface area contributed by atoms with Crippen molar-refractivity contribution in [3.63, 3.8) is 0 Å². The van der Waals surface area contributed by atoms with Crippen LogP contribution in [0.2, 0.25) is 5.02 Å². The van der Waals surface area contributed by atoms with Gasteiger partial charge in [-0.25, -0.2) is 4.98 Å². The lowest BCUT2D eigenvalue weighted by Gasteiger charge is -2.20. The van der Waals surface area contributed by atoms with E-state index in [4.69, 9.17) is 30.8 Å². The predicted molar refractivity (Wildman–Crippen MR) is 117 cm³/mol. The van der Waals surface area contributed by atoms with Gasteiger partial charge in [0, 0.05) is 12.4 Å². The van der Waals surface area contributed by atoms with Gasteiger partial charge in [-0.2, -0.15) is 0 Å². The minimum absolute atomic E-state index is 0.0289. The number of hydrogen-bond donors (Lipinski definition) is 0. The maximum absolute atomic E-state index is 13.2. The van der Waals surface area contributed by atoms with Crippen LogP contribution in [0.3, 0.4) is 0 Å². The highest BCUT2D eigenvalue weighted by Gasteiger charge is 2.21. The van der Waals surface area contributed by atoms with Crippen molar-refractivity contribution in [2.24, 2.45) is 0 Å². The van der Waals surface area contributed by atoms with E-state index in [0.29, 0.717) is 58.1 Å². The summed E-state index contributed by atoms with van der Waals surface area (Å²) in [6.07, 6.45) is 2.04. The van der Waals surface area contributed by atoms with Crippen molar-refractivity contribution in [1.29, 1.82) is 0 Å². The first-order chi connectivity index (χ1) is 14.7. The molecule has 1 fully saturated rings. The van der Waals surface area contributed by atoms with Crippen LogP contribution in [0.5, 0.6) is 11.5 Å². The van der Waals surface area contributed by atoms with E-state index in [9.17, 15) is 4.79 Å². The van der Waals surface area contributed by atoms with Crippen LogP contribution in [-0.2, 0) is 17.0 Å². The molecule has 0 aliphatic carbocycles. The first-order valence-corrected chi connectivity index (χ1v) is 11.4. The smallest absolute Gasteiger partial charge is 0.262 e. The van der Waals surface area contributed by atoms with E-state index < -0.39 is 0 Å². The molecule has 0 radical (unpaired) electrons. The molecule has 0 spiro atoms. The minimum Gasteiger partial charge on any atom is -0.486 e. The van der Waals surface area contributed by atoms with Crippen LogP contribution in [-0.4, -0.2) is 35.5 Å². The lowest BCUT2D eigenvalue weighted by atomic mass is 10.2. The summed E-state index contributed by atoms with van der Waals surface area (Å²) < 4.78 is 18.8. The molecule has 0 saturated carbocycles. The number of benzene rings is 2. The average Bonchev–Trinajstić information content (AvgIpc) is 3.28. The zero-order valence-corrected chi connectivity index (χ0v) is 17.9. The number of aromatic nitrogens is 2. The SMILES string of the molecule is O=c1c2ccccc2nc(SCc2cc(Cl)c3c(c2)OCCO3)n1CC1CCCO1. The van der Waals surface area contributed by atoms with Gasteiger partial charge in [0.2, 0.25) is 0 Å². The summed E-state index contributed by atoms with van der Waals surface area (Å²) in [5.74, 6) is 1.86. The molecule has 156 valence electrons. The predicted octanol–water partition coefficient (Wildman–Crippen LogP) is 4.29. The Morgan fingerprint density at radius 3 is 2.90 bits per heavy atom. The molecule has 1 aromatic heterocycles. The number of nitrogens with zero attached hydrogens (tertiary/aromatic N) is 2. The van der Waals surface area contributed by atoms with Gasteiger partial charge in [-0.3, -0.25) is 9.36 Å². The van der Waals surface area contributed by atoms with Crippen molar-refractivity contribution < 1.29 is 14.2 Å². The second kappa shape index (κ2) is 8.49. The molecular weight excluding hydrogens is 424 g/mol. The summed E-state index contributed by atoms with van der Waals surface area (Å²) in [5.41, 5.74) is 1.66. The Labute approximate surface area is 183 Å². The first kappa shape index (κ1) is 19.7. The molecule has 0 bridgehead atoms. The Kier molecular flexibility index (Phi) is 5.58. The fraction of sp³-hybridized carbons (Fsp3) is 0.364. The third kappa shape index (κ3) is 3.89. The van der Waals surface area contributed by atoms with E-state index in [1.54, 1.807) is 4.57 Å². The van der Waals surface area contributed by atoms with Crippen LogP contribution in [0, 0.1) is 0 Å². The van der Waals surface area contributed by atoms with Gasteiger partial charge < -0.3 is 14.2 Å². The molecule has 1 atom stereocenters. The highest BCUT2D eigenvalue weighted by molar-refractivity contribution is 7.98. The monoisotopic (exact) mass is 444 g/mol. The Balaban J connectivity index is 1.47. The van der Waals surface area contributed by atoms with Crippen molar-refractivity contribution in [1.82, 2.24) is 9.55 Å². The van der Waals surface area contributed by atoms with E-state index in [0.717, 1.165) is 25.0 Å². The molecule has 0 N–H and O–H groups in total. The molecule has 2 aromatic carbocycles. The molecule has 2 aliphatic rings. The van der Waals surface area contributed by atoms with Crippen molar-refractivity contribution in [3.8, 4) is 11.5 Å². The van der Waals surface area contributed by atoms with E-state index in [-0.39, 0.29) is 11.7 Å². The summed E-state index contributed by atoms with van der Waals surface area (Å²) in [5, 5.41) is 1.84. The Morgan fingerprint density at radius 2 is 2.03 bits per heavy atom. The number of halogens is 1. The quantitative estimate of drug-likeness (QED) is 0.432. The summed E-state index contributed by atoms with van der Waals surface area (Å²) in [4.78, 5) is 18.0. The van der Waals surface area contributed by atoms with Crippen molar-refractivity contribution in [2.45, 2.75) is 36.4 Å². The lowest BCUT2D eigenvalue weighted by molar-refractivity contribution is 0.0937. The van der Waals surface area contributed by atoms with Crippen molar-refractivity contribution in [3.05, 3.63) is 57.3 Å². The zero-order chi connectivity index (χ0) is 20.5. The van der Waals surface area contributed by atoms with Crippen LogP contribution < -0.4 is 15.0 Å². The zero-order valence-electron chi connectivity index (χ0n) is 16.3. The van der Waals surface area contributed by atoms with Gasteiger partial charge in [0.25, 0.3) is 5.56 Å². The molecule has 0 amide bonds. The number of hydrogen-bond acceptors (Lipinski definition) is 6. The van der Waals surface area contributed by atoms with Crippen molar-refractivity contribution in [2.75, 3.05) is 19.8 Å². The largest absolute Gasteiger partial charge is 0.486 e. The molecule has 1 saturated heterocycles. The summed E-state index contributed by atoms with van der Waals surface area (Å²) in [6, 6.07) is 11.3. The second-order valence-electron chi connectivity index (χ2n) is 7.35. The summed E-state index contributed by atoms with van der Waals surface area (Å²) in [6.45, 7) is 2.27. The molecule has 6 nitrogen and oxygen atoms in total. The van der Waals surface area contributed by atoms with Crippen LogP contribution >= 0.6 is 23.4 Å². The maximum Gasteiger partial charge on any atom is 0.262 e. The fourth-order valence-electron chi connectivity index (χ4n) is 3.81. The van der Waals surface area contributed by atoms with Crippen LogP contribution in [0.1, 0.15) is 18.4 Å². The number of thioether (sulfide) groups is 1. The van der Waals surface area contributed by atoms with E-state index in [1.807, 2.05) is 36.4 Å². The van der Waals surface area contributed by atoms with E-state index >= 15 is 0 Å². The molecule has 5 rings (SSSR count). The van der Waals surface area contributed by atoms with Gasteiger partial charge in [0.1, 0.15) is 13.2 Å². The Hall–Kier alpha value is -2.22. The molecule has 30 heavy (non-hydrogen) atoms. The average molecular weight is 445 g/mol. The van der Waals surface area contributed by atoms with Gasteiger partial charge in [0.05, 0.1) is 28.6 Å². The normalized spacial score (nSPS) is 18.1. The molecule has 3 heterocycles. The number of rotatable bonds is 5. The maximum atomic E-state index is 13.2. The first-order valence-electron chi connectivity index (χ1n) is 10.0. The highest BCUT2D eigenvalue weighted by Crippen LogP contribution is 2.39. The number of fused-ring (bicyclic) bond motifs is 2. The fourth-order valence-corrected chi connectivity index (χ4v) is 5.03. The molecular formula is C22H21ClN2O4S. The van der Waals surface area contributed by atoms with Gasteiger partial charge in [0.15, 0.2) is 16.7 Å². The van der Waals surface area contributed by atoms with Crippen LogP contribution in [0.25, 0.3) is 10.9 Å². The third-order valence-electron chi connectivity index (χ3n) is 5.26. The molecule has 8 heteroatoms. The molecule has 2 aliphatic heterocycles.